The summed E-state index contributed by atoms with van der Waals surface area (Å²) in [5, 5.41) is 6.29. The summed E-state index contributed by atoms with van der Waals surface area (Å²) in [6.45, 7) is 0.601. The fourth-order valence-corrected chi connectivity index (χ4v) is 7.36. The summed E-state index contributed by atoms with van der Waals surface area (Å²) in [4.78, 5) is 71.8. The minimum absolute atomic E-state index is 0.0458. The topological polar surface area (TPSA) is 138 Å². The van der Waals surface area contributed by atoms with Crippen molar-refractivity contribution in [3.63, 3.8) is 0 Å². The van der Waals surface area contributed by atoms with Crippen LogP contribution in [0.15, 0.2) is 54.6 Å². The molecule has 1 saturated heterocycles. The van der Waals surface area contributed by atoms with E-state index in [0.717, 1.165) is 42.1 Å². The second kappa shape index (κ2) is 12.6. The van der Waals surface area contributed by atoms with Crippen LogP contribution in [0.25, 0.3) is 10.9 Å². The van der Waals surface area contributed by atoms with Gasteiger partial charge in [-0.3, -0.25) is 24.0 Å². The molecule has 2 aromatic carbocycles. The van der Waals surface area contributed by atoms with E-state index in [0.29, 0.717) is 30.8 Å². The van der Waals surface area contributed by atoms with E-state index in [1.54, 1.807) is 18.1 Å². The SMILES string of the molecule is COc1cccc2[nH]c(C(=O)N3C[C@@H]4CCC[C@@H]4[C@H]3C(=O)N[C@@H](C[C@@H]3CCCC3=O)C(=O)C(=O)NCc3ccccc3)cc12. The number of carbonyl (C=O) groups excluding carboxylic acids is 5. The van der Waals surface area contributed by atoms with Crippen LogP contribution in [0.1, 0.15) is 61.0 Å². The molecule has 230 valence electrons. The Balaban J connectivity index is 1.23. The zero-order valence-electron chi connectivity index (χ0n) is 24.8. The monoisotopic (exact) mass is 598 g/mol. The van der Waals surface area contributed by atoms with Crippen molar-refractivity contribution < 1.29 is 28.7 Å². The standard InChI is InChI=1S/C34H38N4O6/c1-44-29-15-7-13-25-24(29)17-27(36-25)34(43)38-19-22-11-5-12-23(22)30(38)32(41)37-26(16-21-10-6-14-28(21)39)31(40)33(42)35-18-20-8-3-2-4-9-20/h2-4,7-9,13,15,17,21-23,26,30,36H,5-6,10-12,14,16,18-19H2,1H3,(H,35,42)(H,37,41)/t21-,22-,23-,26-,30-/m0/s1. The fourth-order valence-electron chi connectivity index (χ4n) is 7.36. The molecule has 3 aromatic rings. The van der Waals surface area contributed by atoms with Crippen molar-refractivity contribution in [1.29, 1.82) is 0 Å². The number of aromatic nitrogens is 1. The van der Waals surface area contributed by atoms with Gasteiger partial charge in [0.15, 0.2) is 0 Å². The van der Waals surface area contributed by atoms with Gasteiger partial charge < -0.3 is 25.3 Å². The Bertz CT molecular complexity index is 1580. The number of nitrogens with zero attached hydrogens (tertiary/aromatic N) is 1. The zero-order valence-corrected chi connectivity index (χ0v) is 24.8. The number of ketones is 2. The maximum atomic E-state index is 14.1. The van der Waals surface area contributed by atoms with E-state index >= 15 is 0 Å². The van der Waals surface area contributed by atoms with Crippen LogP contribution in [-0.4, -0.2) is 64.9 Å². The molecule has 10 heteroatoms. The minimum atomic E-state index is -1.17. The number of hydrogen-bond acceptors (Lipinski definition) is 6. The van der Waals surface area contributed by atoms with Gasteiger partial charge >= 0.3 is 0 Å². The predicted molar refractivity (Wildman–Crippen MR) is 163 cm³/mol. The number of Topliss-reactive ketones (excluding diaryl/α,β-unsaturated/α-hetero) is 2. The van der Waals surface area contributed by atoms with Gasteiger partial charge in [0.05, 0.1) is 13.2 Å². The number of benzene rings is 2. The maximum Gasteiger partial charge on any atom is 0.289 e. The van der Waals surface area contributed by atoms with Gasteiger partial charge in [-0.25, -0.2) is 0 Å². The highest BCUT2D eigenvalue weighted by molar-refractivity contribution is 6.38. The summed E-state index contributed by atoms with van der Waals surface area (Å²) in [5.74, 6) is -1.93. The zero-order chi connectivity index (χ0) is 30.8. The van der Waals surface area contributed by atoms with Gasteiger partial charge in [-0.2, -0.15) is 0 Å². The number of aromatic amines is 1. The lowest BCUT2D eigenvalue weighted by Gasteiger charge is -2.29. The molecule has 0 unspecified atom stereocenters. The van der Waals surface area contributed by atoms with Gasteiger partial charge in [-0.15, -0.1) is 0 Å². The summed E-state index contributed by atoms with van der Waals surface area (Å²) in [6.07, 6.45) is 4.52. The third kappa shape index (κ3) is 5.85. The molecule has 3 fully saturated rings. The van der Waals surface area contributed by atoms with E-state index in [2.05, 4.69) is 15.6 Å². The molecule has 3 amide bonds. The Morgan fingerprint density at radius 3 is 2.59 bits per heavy atom. The third-order valence-corrected chi connectivity index (χ3v) is 9.60. The van der Waals surface area contributed by atoms with Crippen LogP contribution in [0.2, 0.25) is 0 Å². The van der Waals surface area contributed by atoms with Gasteiger partial charge in [0, 0.05) is 36.3 Å². The fraction of sp³-hybridized carbons (Fsp3) is 0.441. The van der Waals surface area contributed by atoms with Crippen LogP contribution in [-0.2, 0) is 25.7 Å². The Labute approximate surface area is 255 Å². The molecule has 5 atom stereocenters. The van der Waals surface area contributed by atoms with Gasteiger partial charge in [-0.1, -0.05) is 42.8 Å². The number of carbonyl (C=O) groups is 5. The molecule has 44 heavy (non-hydrogen) atoms. The summed E-state index contributed by atoms with van der Waals surface area (Å²) < 4.78 is 5.46. The second-order valence-electron chi connectivity index (χ2n) is 12.2. The van der Waals surface area contributed by atoms with Crippen molar-refractivity contribution in [2.45, 2.75) is 63.6 Å². The predicted octanol–water partition coefficient (Wildman–Crippen LogP) is 3.55. The summed E-state index contributed by atoms with van der Waals surface area (Å²) in [6, 6.07) is 14.5. The van der Waals surface area contributed by atoms with E-state index in [1.807, 2.05) is 48.5 Å². The number of ether oxygens (including phenoxy) is 1. The molecular weight excluding hydrogens is 560 g/mol. The first-order valence-electron chi connectivity index (χ1n) is 15.5. The highest BCUT2D eigenvalue weighted by atomic mass is 16.5. The Morgan fingerprint density at radius 2 is 1.84 bits per heavy atom. The van der Waals surface area contributed by atoms with Crippen LogP contribution >= 0.6 is 0 Å². The summed E-state index contributed by atoms with van der Waals surface area (Å²) >= 11 is 0. The number of hydrogen-bond donors (Lipinski definition) is 3. The van der Waals surface area contributed by atoms with Crippen LogP contribution in [0.4, 0.5) is 0 Å². The number of methoxy groups -OCH3 is 1. The molecule has 3 aliphatic rings. The third-order valence-electron chi connectivity index (χ3n) is 9.60. The summed E-state index contributed by atoms with van der Waals surface area (Å²) in [7, 11) is 1.57. The molecule has 0 radical (unpaired) electrons. The van der Waals surface area contributed by atoms with Crippen LogP contribution in [0, 0.1) is 17.8 Å². The smallest absolute Gasteiger partial charge is 0.289 e. The van der Waals surface area contributed by atoms with Crippen molar-refractivity contribution in [3.05, 3.63) is 65.9 Å². The molecule has 2 saturated carbocycles. The normalized spacial score (nSPS) is 23.4. The maximum absolute atomic E-state index is 14.1. The number of fused-ring (bicyclic) bond motifs is 2. The van der Waals surface area contributed by atoms with Gasteiger partial charge in [0.2, 0.25) is 11.7 Å². The first-order chi connectivity index (χ1) is 21.3. The van der Waals surface area contributed by atoms with E-state index in [9.17, 15) is 24.0 Å². The van der Waals surface area contributed by atoms with Crippen LogP contribution < -0.4 is 15.4 Å². The molecule has 0 spiro atoms. The first-order valence-corrected chi connectivity index (χ1v) is 15.5. The lowest BCUT2D eigenvalue weighted by atomic mass is 9.91. The number of H-pyrrole nitrogens is 1. The Morgan fingerprint density at radius 1 is 1.02 bits per heavy atom. The first kappa shape index (κ1) is 29.6. The molecule has 0 bridgehead atoms. The van der Waals surface area contributed by atoms with Crippen molar-refractivity contribution in [1.82, 2.24) is 20.5 Å². The van der Waals surface area contributed by atoms with E-state index in [4.69, 9.17) is 4.74 Å². The summed E-state index contributed by atoms with van der Waals surface area (Å²) in [5.41, 5.74) is 1.94. The number of likely N-dealkylation sites (tertiary alicyclic amines) is 1. The molecule has 3 N–H and O–H groups in total. The lowest BCUT2D eigenvalue weighted by Crippen LogP contribution is -2.55. The molecule has 10 nitrogen and oxygen atoms in total. The number of rotatable bonds is 10. The molecule has 1 aromatic heterocycles. The highest BCUT2D eigenvalue weighted by Crippen LogP contribution is 2.43. The van der Waals surface area contributed by atoms with Gasteiger partial charge in [-0.05, 0) is 67.7 Å². The second-order valence-corrected chi connectivity index (χ2v) is 12.2. The molecular formula is C34H38N4O6. The van der Waals surface area contributed by atoms with E-state index in [1.165, 1.54) is 0 Å². The number of amides is 3. The average molecular weight is 599 g/mol. The molecule has 2 aliphatic carbocycles. The van der Waals surface area contributed by atoms with E-state index in [-0.39, 0.29) is 36.5 Å². The molecule has 2 heterocycles. The van der Waals surface area contributed by atoms with Crippen molar-refractivity contribution in [2.75, 3.05) is 13.7 Å². The van der Waals surface area contributed by atoms with Crippen molar-refractivity contribution in [3.8, 4) is 5.75 Å². The molecule has 6 rings (SSSR count). The lowest BCUT2D eigenvalue weighted by molar-refractivity contribution is -0.141. The Hall–Kier alpha value is -4.47. The van der Waals surface area contributed by atoms with Crippen LogP contribution in [0.3, 0.4) is 0 Å². The minimum Gasteiger partial charge on any atom is -0.496 e. The van der Waals surface area contributed by atoms with Crippen molar-refractivity contribution >= 4 is 40.2 Å². The Kier molecular flexibility index (Phi) is 8.50. The highest BCUT2D eigenvalue weighted by Gasteiger charge is 2.50. The van der Waals surface area contributed by atoms with Crippen molar-refractivity contribution in [2.24, 2.45) is 17.8 Å². The number of nitrogens with one attached hydrogen (secondary N) is 3. The van der Waals surface area contributed by atoms with Crippen LogP contribution in [0.5, 0.6) is 5.75 Å². The quantitative estimate of drug-likeness (QED) is 0.305. The van der Waals surface area contributed by atoms with E-state index < -0.39 is 35.6 Å². The van der Waals surface area contributed by atoms with Gasteiger partial charge in [0.1, 0.15) is 23.3 Å². The molecule has 1 aliphatic heterocycles. The largest absolute Gasteiger partial charge is 0.496 e. The van der Waals surface area contributed by atoms with Gasteiger partial charge in [0.25, 0.3) is 11.8 Å². The average Bonchev–Trinajstić information content (AvgIpc) is 3.83.